The van der Waals surface area contributed by atoms with Gasteiger partial charge in [0.15, 0.2) is 0 Å². The van der Waals surface area contributed by atoms with Crippen LogP contribution in [0.15, 0.2) is 0 Å². The Morgan fingerprint density at radius 2 is 1.95 bits per heavy atom. The van der Waals surface area contributed by atoms with Crippen LogP contribution in [0.2, 0.25) is 0 Å². The summed E-state index contributed by atoms with van der Waals surface area (Å²) in [6.45, 7) is 2.58. The van der Waals surface area contributed by atoms with E-state index in [4.69, 9.17) is 14.2 Å². The Labute approximate surface area is 114 Å². The van der Waals surface area contributed by atoms with E-state index in [1.54, 1.807) is 7.11 Å². The number of aliphatic hydroxyl groups is 2. The van der Waals surface area contributed by atoms with Gasteiger partial charge < -0.3 is 24.4 Å². The molecule has 0 aliphatic carbocycles. The summed E-state index contributed by atoms with van der Waals surface area (Å²) in [5, 5.41) is 20.8. The Balaban J connectivity index is 1.92. The normalized spacial score (nSPS) is 35.5. The molecule has 2 heterocycles. The van der Waals surface area contributed by atoms with Crippen LogP contribution in [0.1, 0.15) is 12.8 Å². The highest BCUT2D eigenvalue weighted by Gasteiger charge is 2.39. The molecule has 19 heavy (non-hydrogen) atoms. The fourth-order valence-electron chi connectivity index (χ4n) is 2.84. The summed E-state index contributed by atoms with van der Waals surface area (Å²) in [6, 6.07) is -0.148. The fourth-order valence-corrected chi connectivity index (χ4v) is 2.84. The number of hydrogen-bond donors (Lipinski definition) is 2. The molecule has 0 spiro atoms. The van der Waals surface area contributed by atoms with Crippen LogP contribution in [-0.2, 0) is 14.2 Å². The van der Waals surface area contributed by atoms with Crippen LogP contribution in [0.4, 0.5) is 0 Å². The number of rotatable bonds is 4. The van der Waals surface area contributed by atoms with Gasteiger partial charge in [0.2, 0.25) is 0 Å². The van der Waals surface area contributed by atoms with Crippen LogP contribution >= 0.6 is 0 Å². The van der Waals surface area contributed by atoms with Crippen molar-refractivity contribution in [3.05, 3.63) is 0 Å². The van der Waals surface area contributed by atoms with Gasteiger partial charge in [-0.1, -0.05) is 0 Å². The topological polar surface area (TPSA) is 71.4 Å². The van der Waals surface area contributed by atoms with E-state index in [0.29, 0.717) is 45.8 Å². The van der Waals surface area contributed by atoms with Crippen LogP contribution in [0.3, 0.4) is 0 Å². The molecule has 0 amide bonds. The van der Waals surface area contributed by atoms with Crippen LogP contribution in [0.5, 0.6) is 0 Å². The molecule has 2 aliphatic rings. The first kappa shape index (κ1) is 15.2. The maximum absolute atomic E-state index is 10.5. The molecule has 2 fully saturated rings. The van der Waals surface area contributed by atoms with Gasteiger partial charge in [-0.25, -0.2) is 0 Å². The van der Waals surface area contributed by atoms with E-state index in [1.807, 2.05) is 11.9 Å². The molecule has 2 aliphatic heterocycles. The summed E-state index contributed by atoms with van der Waals surface area (Å²) >= 11 is 0. The van der Waals surface area contributed by atoms with E-state index in [1.165, 1.54) is 0 Å². The zero-order chi connectivity index (χ0) is 13.9. The lowest BCUT2D eigenvalue weighted by Gasteiger charge is -2.43. The number of aliphatic hydroxyl groups excluding tert-OH is 1. The fraction of sp³-hybridized carbons (Fsp3) is 1.00. The van der Waals surface area contributed by atoms with E-state index < -0.39 is 11.7 Å². The summed E-state index contributed by atoms with van der Waals surface area (Å²) < 4.78 is 16.0. The van der Waals surface area contributed by atoms with Crippen LogP contribution in [0, 0.1) is 0 Å². The van der Waals surface area contributed by atoms with Crippen molar-refractivity contribution in [2.45, 2.75) is 36.7 Å². The molecule has 0 aromatic rings. The van der Waals surface area contributed by atoms with Gasteiger partial charge in [0.05, 0.1) is 24.9 Å². The first-order valence-electron chi connectivity index (χ1n) is 6.85. The molecular formula is C13H25NO5. The van der Waals surface area contributed by atoms with Crippen molar-refractivity contribution < 1.29 is 24.4 Å². The van der Waals surface area contributed by atoms with E-state index in [9.17, 15) is 10.2 Å². The standard InChI is InChI=1S/C13H25NO5/c1-14(9-13(16)3-5-18-6-4-13)10-7-19-8-11(17-2)12(10)15/h10-12,15-16H,3-9H2,1-2H3/t10-,11-,12+/m1/s1. The van der Waals surface area contributed by atoms with Gasteiger partial charge in [0, 0.05) is 39.7 Å². The lowest BCUT2D eigenvalue weighted by Crippen LogP contribution is -2.58. The SMILES string of the molecule is CO[C@@H]1COC[C@@H](N(C)CC2(O)CCOCC2)[C@@H]1O. The average molecular weight is 275 g/mol. The summed E-state index contributed by atoms with van der Waals surface area (Å²) in [5.74, 6) is 0. The highest BCUT2D eigenvalue weighted by Crippen LogP contribution is 2.24. The van der Waals surface area contributed by atoms with E-state index in [-0.39, 0.29) is 12.1 Å². The Bertz CT molecular complexity index is 282. The third kappa shape index (κ3) is 3.65. The predicted octanol–water partition coefficient (Wildman–Crippen LogP) is -0.766. The van der Waals surface area contributed by atoms with E-state index in [2.05, 4.69) is 0 Å². The molecule has 6 nitrogen and oxygen atoms in total. The maximum Gasteiger partial charge on any atom is 0.108 e. The first-order chi connectivity index (χ1) is 9.06. The molecule has 112 valence electrons. The van der Waals surface area contributed by atoms with Crippen molar-refractivity contribution in [2.24, 2.45) is 0 Å². The number of methoxy groups -OCH3 is 1. The molecule has 6 heteroatoms. The molecule has 0 saturated carbocycles. The van der Waals surface area contributed by atoms with Crippen molar-refractivity contribution in [1.29, 1.82) is 0 Å². The Kier molecular flexibility index (Phi) is 5.16. The highest BCUT2D eigenvalue weighted by atomic mass is 16.5. The average Bonchev–Trinajstić information content (AvgIpc) is 2.39. The summed E-state index contributed by atoms with van der Waals surface area (Å²) in [7, 11) is 3.48. The molecule has 0 aromatic heterocycles. The molecule has 3 atom stereocenters. The number of nitrogens with zero attached hydrogens (tertiary/aromatic N) is 1. The van der Waals surface area contributed by atoms with E-state index in [0.717, 1.165) is 0 Å². The summed E-state index contributed by atoms with van der Waals surface area (Å²) in [5.41, 5.74) is -0.729. The molecular weight excluding hydrogens is 250 g/mol. The van der Waals surface area contributed by atoms with Crippen molar-refractivity contribution in [1.82, 2.24) is 4.90 Å². The van der Waals surface area contributed by atoms with Gasteiger partial charge >= 0.3 is 0 Å². The lowest BCUT2D eigenvalue weighted by atomic mass is 9.92. The second kappa shape index (κ2) is 6.47. The maximum atomic E-state index is 10.5. The third-order valence-corrected chi connectivity index (χ3v) is 4.18. The molecule has 0 radical (unpaired) electrons. The second-order valence-corrected chi connectivity index (χ2v) is 5.62. The second-order valence-electron chi connectivity index (χ2n) is 5.62. The number of hydrogen-bond acceptors (Lipinski definition) is 6. The van der Waals surface area contributed by atoms with Gasteiger partial charge in [-0.05, 0) is 7.05 Å². The predicted molar refractivity (Wildman–Crippen MR) is 69.0 cm³/mol. The van der Waals surface area contributed by atoms with Crippen molar-refractivity contribution in [3.8, 4) is 0 Å². The third-order valence-electron chi connectivity index (χ3n) is 4.18. The van der Waals surface area contributed by atoms with Crippen LogP contribution in [-0.4, -0.2) is 86.1 Å². The smallest absolute Gasteiger partial charge is 0.108 e. The minimum Gasteiger partial charge on any atom is -0.389 e. The van der Waals surface area contributed by atoms with Crippen molar-refractivity contribution >= 4 is 0 Å². The van der Waals surface area contributed by atoms with Crippen molar-refractivity contribution in [2.75, 3.05) is 47.1 Å². The minimum atomic E-state index is -0.729. The monoisotopic (exact) mass is 275 g/mol. The van der Waals surface area contributed by atoms with Crippen molar-refractivity contribution in [3.63, 3.8) is 0 Å². The number of ether oxygens (including phenoxy) is 3. The quantitative estimate of drug-likeness (QED) is 0.702. The molecule has 0 aromatic carbocycles. The lowest BCUT2D eigenvalue weighted by molar-refractivity contribution is -0.153. The van der Waals surface area contributed by atoms with E-state index >= 15 is 0 Å². The minimum absolute atomic E-state index is 0.148. The molecule has 0 unspecified atom stereocenters. The zero-order valence-corrected chi connectivity index (χ0v) is 11.7. The van der Waals surface area contributed by atoms with Gasteiger partial charge in [0.25, 0.3) is 0 Å². The molecule has 2 saturated heterocycles. The van der Waals surface area contributed by atoms with Crippen LogP contribution < -0.4 is 0 Å². The Morgan fingerprint density at radius 1 is 1.26 bits per heavy atom. The summed E-state index contributed by atoms with van der Waals surface area (Å²) in [4.78, 5) is 1.97. The van der Waals surface area contributed by atoms with Gasteiger partial charge in [-0.15, -0.1) is 0 Å². The molecule has 2 N–H and O–H groups in total. The molecule has 2 rings (SSSR count). The zero-order valence-electron chi connectivity index (χ0n) is 11.7. The first-order valence-corrected chi connectivity index (χ1v) is 6.85. The van der Waals surface area contributed by atoms with Crippen LogP contribution in [0.25, 0.3) is 0 Å². The highest BCUT2D eigenvalue weighted by molar-refractivity contribution is 4.91. The largest absolute Gasteiger partial charge is 0.389 e. The van der Waals surface area contributed by atoms with Gasteiger partial charge in [-0.2, -0.15) is 0 Å². The van der Waals surface area contributed by atoms with Gasteiger partial charge in [0.1, 0.15) is 12.2 Å². The number of likely N-dealkylation sites (N-methyl/N-ethyl adjacent to an activating group) is 1. The Hall–Kier alpha value is -0.240. The molecule has 0 bridgehead atoms. The Morgan fingerprint density at radius 3 is 2.58 bits per heavy atom. The summed E-state index contributed by atoms with van der Waals surface area (Å²) in [6.07, 6.45) is 0.376. The van der Waals surface area contributed by atoms with Gasteiger partial charge in [-0.3, -0.25) is 4.90 Å².